The molecule has 0 aliphatic carbocycles. The molecule has 1 unspecified atom stereocenters. The number of aromatic nitrogens is 1. The Kier molecular flexibility index (Phi) is 4.73. The fourth-order valence-corrected chi connectivity index (χ4v) is 3.87. The molecule has 0 spiro atoms. The fourth-order valence-electron chi connectivity index (χ4n) is 3.87. The molecule has 0 bridgehead atoms. The van der Waals surface area contributed by atoms with E-state index in [2.05, 4.69) is 15.8 Å². The number of nitrogens with one attached hydrogen (secondary N) is 2. The number of carbonyl (C=O) groups is 3. The summed E-state index contributed by atoms with van der Waals surface area (Å²) >= 11 is 0. The van der Waals surface area contributed by atoms with Crippen LogP contribution in [0.3, 0.4) is 0 Å². The second-order valence-electron chi connectivity index (χ2n) is 7.61. The second-order valence-corrected chi connectivity index (χ2v) is 7.61. The fraction of sp³-hybridized carbons (Fsp3) is 0.400. The van der Waals surface area contributed by atoms with Crippen molar-refractivity contribution >= 4 is 23.7 Å². The van der Waals surface area contributed by atoms with Crippen molar-refractivity contribution in [3.63, 3.8) is 0 Å². The quantitative estimate of drug-likeness (QED) is 0.774. The molecule has 3 heterocycles. The van der Waals surface area contributed by atoms with Crippen molar-refractivity contribution < 1.29 is 18.9 Å². The highest BCUT2D eigenvalue weighted by Crippen LogP contribution is 2.29. The Labute approximate surface area is 168 Å². The van der Waals surface area contributed by atoms with Gasteiger partial charge in [-0.3, -0.25) is 9.69 Å². The minimum Gasteiger partial charge on any atom is -0.365 e. The van der Waals surface area contributed by atoms with E-state index >= 15 is 0 Å². The highest BCUT2D eigenvalue weighted by atomic mass is 16.5. The Morgan fingerprint density at radius 2 is 1.90 bits per heavy atom. The van der Waals surface area contributed by atoms with E-state index in [4.69, 9.17) is 4.52 Å². The van der Waals surface area contributed by atoms with Crippen molar-refractivity contribution in [1.82, 2.24) is 20.3 Å². The molecule has 2 aliphatic heterocycles. The van der Waals surface area contributed by atoms with Crippen LogP contribution < -0.4 is 10.6 Å². The van der Waals surface area contributed by atoms with E-state index in [0.29, 0.717) is 30.3 Å². The Hall–Kier alpha value is -3.36. The summed E-state index contributed by atoms with van der Waals surface area (Å²) in [6, 6.07) is 8.23. The lowest BCUT2D eigenvalue weighted by Crippen LogP contribution is -2.41. The van der Waals surface area contributed by atoms with Gasteiger partial charge < -0.3 is 20.1 Å². The van der Waals surface area contributed by atoms with Crippen molar-refractivity contribution in [2.45, 2.75) is 31.2 Å². The molecule has 2 N–H and O–H groups in total. The van der Waals surface area contributed by atoms with E-state index in [0.717, 1.165) is 23.4 Å². The van der Waals surface area contributed by atoms with Crippen molar-refractivity contribution in [3.8, 4) is 0 Å². The second kappa shape index (κ2) is 7.23. The third-order valence-electron chi connectivity index (χ3n) is 5.77. The number of rotatable bonds is 3. The average Bonchev–Trinajstić information content (AvgIpc) is 3.33. The number of nitrogens with zero attached hydrogens (tertiary/aromatic N) is 3. The smallest absolute Gasteiger partial charge is 0.325 e. The molecule has 1 atom stereocenters. The predicted molar refractivity (Wildman–Crippen MR) is 104 cm³/mol. The van der Waals surface area contributed by atoms with Gasteiger partial charge in [-0.25, -0.2) is 9.59 Å². The van der Waals surface area contributed by atoms with E-state index in [-0.39, 0.29) is 11.9 Å². The lowest BCUT2D eigenvalue weighted by Gasteiger charge is -2.31. The van der Waals surface area contributed by atoms with Gasteiger partial charge in [0.25, 0.3) is 5.91 Å². The van der Waals surface area contributed by atoms with Gasteiger partial charge >= 0.3 is 12.1 Å². The Balaban J connectivity index is 1.36. The van der Waals surface area contributed by atoms with Crippen LogP contribution in [0.1, 0.15) is 36.9 Å². The third kappa shape index (κ3) is 3.43. The van der Waals surface area contributed by atoms with Crippen LogP contribution >= 0.6 is 0 Å². The van der Waals surface area contributed by atoms with Gasteiger partial charge in [0.05, 0.1) is 5.69 Å². The van der Waals surface area contributed by atoms with E-state index in [1.807, 2.05) is 6.07 Å². The highest BCUT2D eigenvalue weighted by Gasteiger charge is 2.47. The number of carbonyl (C=O) groups excluding carboxylic acids is 3. The molecule has 2 aliphatic rings. The maximum atomic E-state index is 12.6. The highest BCUT2D eigenvalue weighted by molar-refractivity contribution is 6.07. The van der Waals surface area contributed by atoms with Crippen LogP contribution in [0.15, 0.2) is 41.1 Å². The molecule has 5 amide bonds. The SMILES string of the molecule is CN1C(=O)NC(C)(c2ccc(NC(=O)N3CCC(c4ccon4)CC3)cc2)C1=O. The van der Waals surface area contributed by atoms with E-state index in [9.17, 15) is 14.4 Å². The lowest BCUT2D eigenvalue weighted by atomic mass is 9.92. The summed E-state index contributed by atoms with van der Waals surface area (Å²) < 4.78 is 4.90. The Morgan fingerprint density at radius 3 is 2.45 bits per heavy atom. The summed E-state index contributed by atoms with van der Waals surface area (Å²) in [4.78, 5) is 39.6. The Morgan fingerprint density at radius 1 is 1.21 bits per heavy atom. The van der Waals surface area contributed by atoms with Crippen LogP contribution in [0.2, 0.25) is 0 Å². The minimum atomic E-state index is -1.10. The summed E-state index contributed by atoms with van der Waals surface area (Å²) in [6.07, 6.45) is 3.25. The topological polar surface area (TPSA) is 108 Å². The van der Waals surface area contributed by atoms with Crippen molar-refractivity contribution in [3.05, 3.63) is 47.9 Å². The van der Waals surface area contributed by atoms with Gasteiger partial charge in [-0.1, -0.05) is 17.3 Å². The predicted octanol–water partition coefficient (Wildman–Crippen LogP) is 2.48. The number of anilines is 1. The van der Waals surface area contributed by atoms with E-state index in [1.165, 1.54) is 7.05 Å². The van der Waals surface area contributed by atoms with Crippen LogP contribution in [0.4, 0.5) is 15.3 Å². The largest absolute Gasteiger partial charge is 0.365 e. The van der Waals surface area contributed by atoms with E-state index in [1.54, 1.807) is 42.4 Å². The molecule has 9 heteroatoms. The maximum Gasteiger partial charge on any atom is 0.325 e. The monoisotopic (exact) mass is 397 g/mol. The molecule has 0 radical (unpaired) electrons. The molecule has 1 aromatic carbocycles. The number of likely N-dealkylation sites (tertiary alicyclic amines) is 1. The number of imide groups is 1. The molecule has 29 heavy (non-hydrogen) atoms. The first kappa shape index (κ1) is 19.0. The number of hydrogen-bond acceptors (Lipinski definition) is 5. The standard InChI is InChI=1S/C20H23N5O4/c1-20(17(26)24(2)19(28)22-20)14-3-5-15(6-4-14)21-18(27)25-10-7-13(8-11-25)16-9-12-29-23-16/h3-6,9,12-13H,7-8,10-11H2,1-2H3,(H,21,27)(H,22,28). The maximum absolute atomic E-state index is 12.6. The summed E-state index contributed by atoms with van der Waals surface area (Å²) in [6.45, 7) is 2.96. The molecular weight excluding hydrogens is 374 g/mol. The van der Waals surface area contributed by atoms with Gasteiger partial charge in [-0.15, -0.1) is 0 Å². The summed E-state index contributed by atoms with van der Waals surface area (Å²) in [7, 11) is 1.45. The van der Waals surface area contributed by atoms with Crippen LogP contribution in [0.5, 0.6) is 0 Å². The lowest BCUT2D eigenvalue weighted by molar-refractivity contribution is -0.130. The van der Waals surface area contributed by atoms with Crippen LogP contribution in [-0.2, 0) is 10.3 Å². The van der Waals surface area contributed by atoms with Gasteiger partial charge in [0.2, 0.25) is 0 Å². The number of piperidine rings is 1. The summed E-state index contributed by atoms with van der Waals surface area (Å²) in [5.74, 6) is 0.00406. The third-order valence-corrected chi connectivity index (χ3v) is 5.77. The molecule has 1 aromatic heterocycles. The van der Waals surface area contributed by atoms with Gasteiger partial charge in [0.1, 0.15) is 11.8 Å². The van der Waals surface area contributed by atoms with Gasteiger partial charge in [0, 0.05) is 37.8 Å². The molecule has 4 rings (SSSR count). The van der Waals surface area contributed by atoms with Crippen LogP contribution in [0, 0.1) is 0 Å². The van der Waals surface area contributed by atoms with Crippen molar-refractivity contribution in [2.24, 2.45) is 0 Å². The van der Waals surface area contributed by atoms with Crippen molar-refractivity contribution in [2.75, 3.05) is 25.5 Å². The molecule has 9 nitrogen and oxygen atoms in total. The molecule has 0 saturated carbocycles. The van der Waals surface area contributed by atoms with Gasteiger partial charge in [-0.2, -0.15) is 0 Å². The van der Waals surface area contributed by atoms with Crippen LogP contribution in [0.25, 0.3) is 0 Å². The number of urea groups is 2. The first-order valence-corrected chi connectivity index (χ1v) is 9.55. The Bertz CT molecular complexity index is 919. The molecule has 2 aromatic rings. The molecule has 2 saturated heterocycles. The summed E-state index contributed by atoms with van der Waals surface area (Å²) in [5, 5.41) is 9.59. The van der Waals surface area contributed by atoms with Gasteiger partial charge in [0.15, 0.2) is 0 Å². The number of likely N-dealkylation sites (N-methyl/N-ethyl adjacent to an activating group) is 1. The molecule has 2 fully saturated rings. The average molecular weight is 397 g/mol. The summed E-state index contributed by atoms with van der Waals surface area (Å²) in [5.41, 5.74) is 1.13. The van der Waals surface area contributed by atoms with Crippen molar-refractivity contribution in [1.29, 1.82) is 0 Å². The first-order chi connectivity index (χ1) is 13.9. The number of benzene rings is 1. The first-order valence-electron chi connectivity index (χ1n) is 9.55. The molecule has 152 valence electrons. The normalized spacial score (nSPS) is 22.7. The number of hydrogen-bond donors (Lipinski definition) is 2. The van der Waals surface area contributed by atoms with E-state index < -0.39 is 11.6 Å². The van der Waals surface area contributed by atoms with Crippen LogP contribution in [-0.4, -0.2) is 53.1 Å². The zero-order valence-corrected chi connectivity index (χ0v) is 16.3. The zero-order valence-electron chi connectivity index (χ0n) is 16.3. The zero-order chi connectivity index (χ0) is 20.6. The molecular formula is C20H23N5O4. The van der Waals surface area contributed by atoms with Gasteiger partial charge in [-0.05, 0) is 37.5 Å². The number of amides is 5. The minimum absolute atomic E-state index is 0.160.